The van der Waals surface area contributed by atoms with Gasteiger partial charge in [-0.1, -0.05) is 11.6 Å². The molecule has 1 amide bonds. The molecule has 0 bridgehead atoms. The molecule has 24 heavy (non-hydrogen) atoms. The number of nitrogens with one attached hydrogen (secondary N) is 1. The lowest BCUT2D eigenvalue weighted by Crippen LogP contribution is -2.27. The molecule has 0 saturated carbocycles. The number of amides is 1. The molecule has 0 atom stereocenters. The normalized spacial score (nSPS) is 13.7. The van der Waals surface area contributed by atoms with Crippen molar-refractivity contribution < 1.29 is 17.6 Å². The van der Waals surface area contributed by atoms with E-state index in [1.807, 2.05) is 0 Å². The summed E-state index contributed by atoms with van der Waals surface area (Å²) in [5.74, 6) is -0.888. The fourth-order valence-corrected chi connectivity index (χ4v) is 3.82. The third-order valence-corrected chi connectivity index (χ3v) is 5.27. The first-order valence-corrected chi connectivity index (χ1v) is 9.35. The largest absolute Gasteiger partial charge is 0.321 e. The van der Waals surface area contributed by atoms with Gasteiger partial charge >= 0.3 is 0 Å². The highest BCUT2D eigenvalue weighted by molar-refractivity contribution is 7.92. The fourth-order valence-electron chi connectivity index (χ4n) is 2.64. The van der Waals surface area contributed by atoms with Gasteiger partial charge in [0, 0.05) is 12.1 Å². The zero-order valence-corrected chi connectivity index (χ0v) is 14.3. The third-order valence-electron chi connectivity index (χ3n) is 3.77. The van der Waals surface area contributed by atoms with Crippen LogP contribution in [0.5, 0.6) is 0 Å². The molecule has 5 nitrogen and oxygen atoms in total. The highest BCUT2D eigenvalue weighted by Crippen LogP contribution is 2.31. The van der Waals surface area contributed by atoms with Gasteiger partial charge in [-0.15, -0.1) is 0 Å². The van der Waals surface area contributed by atoms with Crippen LogP contribution in [0.25, 0.3) is 0 Å². The predicted molar refractivity (Wildman–Crippen MR) is 91.7 cm³/mol. The highest BCUT2D eigenvalue weighted by Gasteiger charge is 2.26. The number of carbonyl (C=O) groups is 1. The Balaban J connectivity index is 1.85. The zero-order chi connectivity index (χ0) is 17.5. The topological polar surface area (TPSA) is 66.5 Å². The van der Waals surface area contributed by atoms with Gasteiger partial charge in [0.1, 0.15) is 5.82 Å². The maximum atomic E-state index is 13.0. The van der Waals surface area contributed by atoms with Gasteiger partial charge in [0.15, 0.2) is 0 Å². The number of sulfonamides is 1. The summed E-state index contributed by atoms with van der Waals surface area (Å²) in [6.07, 6.45) is 1.69. The molecule has 0 unspecified atom stereocenters. The van der Waals surface area contributed by atoms with Gasteiger partial charge in [0.2, 0.25) is 10.0 Å². The highest BCUT2D eigenvalue weighted by atomic mass is 35.5. The van der Waals surface area contributed by atoms with Crippen molar-refractivity contribution in [1.29, 1.82) is 0 Å². The van der Waals surface area contributed by atoms with Crippen molar-refractivity contribution in [2.24, 2.45) is 0 Å². The minimum Gasteiger partial charge on any atom is -0.321 e. The Morgan fingerprint density at radius 1 is 1.25 bits per heavy atom. The Morgan fingerprint density at radius 3 is 2.67 bits per heavy atom. The second-order valence-corrected chi connectivity index (χ2v) is 7.82. The number of fused-ring (bicyclic) bond motifs is 1. The average molecular weight is 369 g/mol. The Morgan fingerprint density at radius 2 is 2.00 bits per heavy atom. The summed E-state index contributed by atoms with van der Waals surface area (Å²) in [5, 5.41) is 2.72. The number of rotatable bonds is 3. The number of benzene rings is 2. The molecule has 0 aromatic heterocycles. The van der Waals surface area contributed by atoms with Crippen molar-refractivity contribution in [2.75, 3.05) is 22.4 Å². The van der Waals surface area contributed by atoms with E-state index < -0.39 is 21.7 Å². The van der Waals surface area contributed by atoms with E-state index in [1.54, 1.807) is 18.2 Å². The maximum absolute atomic E-state index is 13.0. The van der Waals surface area contributed by atoms with Gasteiger partial charge in [-0.3, -0.25) is 9.10 Å². The first-order valence-electron chi connectivity index (χ1n) is 7.13. The molecular formula is C16H14ClFN2O3S. The Labute approximate surface area is 144 Å². The molecule has 2 aromatic rings. The quantitative estimate of drug-likeness (QED) is 0.905. The van der Waals surface area contributed by atoms with E-state index in [0.717, 1.165) is 17.9 Å². The number of halogens is 2. The van der Waals surface area contributed by atoms with Gasteiger partial charge in [-0.05, 0) is 48.4 Å². The summed E-state index contributed by atoms with van der Waals surface area (Å²) >= 11 is 5.90. The molecule has 0 aliphatic carbocycles. The molecule has 3 rings (SSSR count). The Bertz CT molecular complexity index is 931. The van der Waals surface area contributed by atoms with Gasteiger partial charge in [-0.2, -0.15) is 0 Å². The van der Waals surface area contributed by atoms with Crippen molar-refractivity contribution in [3.63, 3.8) is 0 Å². The molecule has 0 spiro atoms. The van der Waals surface area contributed by atoms with Crippen LogP contribution in [0.1, 0.15) is 15.9 Å². The number of hydrogen-bond donors (Lipinski definition) is 1. The van der Waals surface area contributed by atoms with E-state index in [0.29, 0.717) is 29.9 Å². The second kappa shape index (κ2) is 6.07. The lowest BCUT2D eigenvalue weighted by Gasteiger charge is -2.16. The van der Waals surface area contributed by atoms with E-state index in [2.05, 4.69) is 5.32 Å². The lowest BCUT2D eigenvalue weighted by atomic mass is 10.1. The van der Waals surface area contributed by atoms with Gasteiger partial charge in [0.05, 0.1) is 22.7 Å². The number of nitrogens with zero attached hydrogens (tertiary/aromatic N) is 1. The molecule has 0 radical (unpaired) electrons. The summed E-state index contributed by atoms with van der Waals surface area (Å²) in [4.78, 5) is 12.3. The van der Waals surface area contributed by atoms with Crippen molar-refractivity contribution in [1.82, 2.24) is 0 Å². The van der Waals surface area contributed by atoms with E-state index in [1.165, 1.54) is 16.4 Å². The summed E-state index contributed by atoms with van der Waals surface area (Å²) in [6.45, 7) is 0.364. The van der Waals surface area contributed by atoms with Crippen LogP contribution in [-0.4, -0.2) is 27.1 Å². The monoisotopic (exact) mass is 368 g/mol. The van der Waals surface area contributed by atoms with E-state index >= 15 is 0 Å². The van der Waals surface area contributed by atoms with Crippen LogP contribution >= 0.6 is 11.6 Å². The van der Waals surface area contributed by atoms with Crippen LogP contribution in [-0.2, 0) is 16.4 Å². The first kappa shape index (κ1) is 16.7. The van der Waals surface area contributed by atoms with Crippen molar-refractivity contribution in [3.8, 4) is 0 Å². The molecule has 1 heterocycles. The summed E-state index contributed by atoms with van der Waals surface area (Å²) < 4.78 is 37.8. The SMILES string of the molecule is CS(=O)(=O)N1CCc2cc(C(=O)Nc3ccc(F)cc3Cl)ccc21. The molecule has 1 aliphatic heterocycles. The average Bonchev–Trinajstić information content (AvgIpc) is 2.93. The van der Waals surface area contributed by atoms with Crippen LogP contribution in [0.15, 0.2) is 36.4 Å². The van der Waals surface area contributed by atoms with E-state index in [9.17, 15) is 17.6 Å². The van der Waals surface area contributed by atoms with Crippen molar-refractivity contribution in [2.45, 2.75) is 6.42 Å². The summed E-state index contributed by atoms with van der Waals surface area (Å²) in [6, 6.07) is 8.53. The third kappa shape index (κ3) is 3.22. The van der Waals surface area contributed by atoms with Crippen LogP contribution in [0.3, 0.4) is 0 Å². The van der Waals surface area contributed by atoms with Crippen LogP contribution in [0, 0.1) is 5.82 Å². The number of anilines is 2. The lowest BCUT2D eigenvalue weighted by molar-refractivity contribution is 0.102. The first-order chi connectivity index (χ1) is 11.3. The minimum atomic E-state index is -3.33. The van der Waals surface area contributed by atoms with Crippen molar-refractivity contribution in [3.05, 3.63) is 58.4 Å². The maximum Gasteiger partial charge on any atom is 0.255 e. The summed E-state index contributed by atoms with van der Waals surface area (Å²) in [5.41, 5.74) is 2.07. The molecule has 8 heteroatoms. The van der Waals surface area contributed by atoms with Gasteiger partial charge in [-0.25, -0.2) is 12.8 Å². The minimum absolute atomic E-state index is 0.104. The van der Waals surface area contributed by atoms with E-state index in [4.69, 9.17) is 11.6 Å². The van der Waals surface area contributed by atoms with E-state index in [-0.39, 0.29) is 5.02 Å². The molecule has 0 saturated heterocycles. The van der Waals surface area contributed by atoms with Gasteiger partial charge in [0.25, 0.3) is 5.91 Å². The molecule has 2 aromatic carbocycles. The van der Waals surface area contributed by atoms with Gasteiger partial charge < -0.3 is 5.32 Å². The van der Waals surface area contributed by atoms with Crippen LogP contribution in [0.2, 0.25) is 5.02 Å². The number of carbonyl (C=O) groups excluding carboxylic acids is 1. The molecule has 0 fully saturated rings. The second-order valence-electron chi connectivity index (χ2n) is 5.51. The standard InChI is InChI=1S/C16H14ClFN2O3S/c1-24(22,23)20-7-6-10-8-11(2-5-15(10)20)16(21)19-14-4-3-12(18)9-13(14)17/h2-5,8-9H,6-7H2,1H3,(H,19,21). The fraction of sp³-hybridized carbons (Fsp3) is 0.188. The molecule has 126 valence electrons. The molecular weight excluding hydrogens is 355 g/mol. The zero-order valence-electron chi connectivity index (χ0n) is 12.7. The van der Waals surface area contributed by atoms with Crippen LogP contribution in [0.4, 0.5) is 15.8 Å². The predicted octanol–water partition coefficient (Wildman–Crippen LogP) is 3.05. The Kier molecular flexibility index (Phi) is 4.23. The van der Waals surface area contributed by atoms with Crippen molar-refractivity contribution >= 4 is 38.9 Å². The molecule has 1 aliphatic rings. The number of hydrogen-bond acceptors (Lipinski definition) is 3. The summed E-state index contributed by atoms with van der Waals surface area (Å²) in [7, 11) is -3.33. The van der Waals surface area contributed by atoms with Crippen LogP contribution < -0.4 is 9.62 Å². The smallest absolute Gasteiger partial charge is 0.255 e. The molecule has 1 N–H and O–H groups in total. The Hall–Kier alpha value is -2.12.